The number of nitrogens with zero attached hydrogens (tertiary/aromatic N) is 1. The third-order valence-electron chi connectivity index (χ3n) is 4.48. The highest BCUT2D eigenvalue weighted by atomic mass is 35.5. The van der Waals surface area contributed by atoms with Crippen LogP contribution in [0.5, 0.6) is 0 Å². The van der Waals surface area contributed by atoms with Crippen molar-refractivity contribution in [2.45, 2.75) is 30.5 Å². The van der Waals surface area contributed by atoms with Crippen LogP contribution in [0.2, 0.25) is 0 Å². The number of hydrogen-bond acceptors (Lipinski definition) is 3. The molecule has 3 aromatic rings. The first-order valence-electron chi connectivity index (χ1n) is 8.00. The quantitative estimate of drug-likeness (QED) is 0.571. The van der Waals surface area contributed by atoms with Crippen LogP contribution in [0.15, 0.2) is 36.4 Å². The summed E-state index contributed by atoms with van der Waals surface area (Å²) < 4.78 is 0.461. The second-order valence-electron chi connectivity index (χ2n) is 6.46. The number of carbonyl (C=O) groups excluding carboxylic acids is 1. The molecule has 1 saturated carbocycles. The second kappa shape index (κ2) is 5.97. The molecule has 6 heteroatoms. The van der Waals surface area contributed by atoms with E-state index in [-0.39, 0.29) is 11.8 Å². The zero-order chi connectivity index (χ0) is 17.8. The molecule has 25 heavy (non-hydrogen) atoms. The van der Waals surface area contributed by atoms with Crippen molar-refractivity contribution in [3.8, 4) is 0 Å². The average molecular weight is 391 g/mol. The molecule has 1 unspecified atom stereocenters. The van der Waals surface area contributed by atoms with Gasteiger partial charge in [-0.2, -0.15) is 0 Å². The van der Waals surface area contributed by atoms with Gasteiger partial charge < -0.3 is 5.32 Å². The molecule has 1 N–H and O–H groups in total. The number of rotatable bonds is 3. The topological polar surface area (TPSA) is 42.0 Å². The lowest BCUT2D eigenvalue weighted by molar-refractivity contribution is 0.102. The van der Waals surface area contributed by atoms with Crippen molar-refractivity contribution < 1.29 is 4.79 Å². The number of anilines is 1. The van der Waals surface area contributed by atoms with Crippen molar-refractivity contribution in [2.24, 2.45) is 0 Å². The third-order valence-corrected chi connectivity index (χ3v) is 6.26. The maximum absolute atomic E-state index is 12.6. The Morgan fingerprint density at radius 1 is 1.24 bits per heavy atom. The average Bonchev–Trinajstić information content (AvgIpc) is 3.01. The molecular formula is C19H16Cl2N2OS. The van der Waals surface area contributed by atoms with Crippen molar-refractivity contribution in [1.82, 2.24) is 4.98 Å². The minimum atomic E-state index is -0.655. The van der Waals surface area contributed by atoms with E-state index >= 15 is 0 Å². The van der Waals surface area contributed by atoms with Gasteiger partial charge in [0.25, 0.3) is 5.91 Å². The summed E-state index contributed by atoms with van der Waals surface area (Å²) in [4.78, 5) is 17.1. The molecule has 0 spiro atoms. The first-order valence-corrected chi connectivity index (χ1v) is 9.58. The summed E-state index contributed by atoms with van der Waals surface area (Å²) >= 11 is 13.9. The molecule has 128 valence electrons. The lowest BCUT2D eigenvalue weighted by Gasteiger charge is -2.10. The highest BCUT2D eigenvalue weighted by Gasteiger charge is 2.52. The van der Waals surface area contributed by atoms with Crippen molar-refractivity contribution in [1.29, 1.82) is 0 Å². The Kier molecular flexibility index (Phi) is 4.02. The molecule has 3 nitrogen and oxygen atoms in total. The molecule has 0 bridgehead atoms. The van der Waals surface area contributed by atoms with Crippen molar-refractivity contribution in [3.63, 3.8) is 0 Å². The van der Waals surface area contributed by atoms with Gasteiger partial charge >= 0.3 is 0 Å². The summed E-state index contributed by atoms with van der Waals surface area (Å²) in [5.41, 5.74) is 4.29. The van der Waals surface area contributed by atoms with E-state index in [9.17, 15) is 4.79 Å². The van der Waals surface area contributed by atoms with E-state index in [1.54, 1.807) is 11.3 Å². The van der Waals surface area contributed by atoms with Gasteiger partial charge in [-0.25, -0.2) is 4.98 Å². The number of halogens is 2. The van der Waals surface area contributed by atoms with Crippen LogP contribution in [-0.4, -0.2) is 15.2 Å². The number of benzene rings is 2. The molecule has 1 aliphatic rings. The number of carbonyl (C=O) groups is 1. The Morgan fingerprint density at radius 2 is 2.00 bits per heavy atom. The normalized spacial score (nSPS) is 18.3. The molecular weight excluding hydrogens is 375 g/mol. The smallest absolute Gasteiger partial charge is 0.255 e. The van der Waals surface area contributed by atoms with Gasteiger partial charge in [-0.3, -0.25) is 4.79 Å². The van der Waals surface area contributed by atoms with Gasteiger partial charge in [0, 0.05) is 17.2 Å². The first kappa shape index (κ1) is 16.8. The van der Waals surface area contributed by atoms with Gasteiger partial charge in [0.2, 0.25) is 0 Å². The number of amides is 1. The van der Waals surface area contributed by atoms with Crippen LogP contribution < -0.4 is 5.32 Å². The highest BCUT2D eigenvalue weighted by molar-refractivity contribution is 7.18. The van der Waals surface area contributed by atoms with Gasteiger partial charge in [-0.15, -0.1) is 34.5 Å². The lowest BCUT2D eigenvalue weighted by Crippen LogP contribution is -2.13. The fraction of sp³-hybridized carbons (Fsp3) is 0.263. The zero-order valence-corrected chi connectivity index (χ0v) is 16.1. The van der Waals surface area contributed by atoms with Crippen molar-refractivity contribution >= 4 is 56.3 Å². The fourth-order valence-electron chi connectivity index (χ4n) is 3.05. The van der Waals surface area contributed by atoms with E-state index in [4.69, 9.17) is 23.2 Å². The molecule has 1 aliphatic carbocycles. The number of alkyl halides is 2. The number of nitrogens with one attached hydrogen (secondary N) is 1. The van der Waals surface area contributed by atoms with Crippen LogP contribution in [0.4, 0.5) is 5.69 Å². The molecule has 1 heterocycles. The maximum Gasteiger partial charge on any atom is 0.255 e. The van der Waals surface area contributed by atoms with E-state index in [1.165, 1.54) is 0 Å². The summed E-state index contributed by atoms with van der Waals surface area (Å²) in [6.07, 6.45) is 0.758. The standard InChI is InChI=1S/C19H16Cl2N2OS/c1-10-7-12(15-9-19(15,20)21)3-5-14(10)18(24)23-13-4-6-17-16(8-13)22-11(2)25-17/h3-8,15H,9H2,1-2H3,(H,23,24). The Hall–Kier alpha value is -1.62. The SMILES string of the molecule is Cc1nc2cc(NC(=O)c3ccc(C4CC4(Cl)Cl)cc3C)ccc2s1. The summed E-state index contributed by atoms with van der Waals surface area (Å²) in [6, 6.07) is 11.6. The molecule has 4 rings (SSSR count). The van der Waals surface area contributed by atoms with E-state index in [1.807, 2.05) is 50.2 Å². The molecule has 1 atom stereocenters. The van der Waals surface area contributed by atoms with Crippen LogP contribution in [0.1, 0.15) is 38.8 Å². The molecule has 1 aromatic heterocycles. The minimum Gasteiger partial charge on any atom is -0.322 e. The summed E-state index contributed by atoms with van der Waals surface area (Å²) in [5.74, 6) is 0.0242. The van der Waals surface area contributed by atoms with Crippen LogP contribution in [0.25, 0.3) is 10.2 Å². The van der Waals surface area contributed by atoms with Crippen LogP contribution in [0, 0.1) is 13.8 Å². The summed E-state index contributed by atoms with van der Waals surface area (Å²) in [5, 5.41) is 3.97. The molecule has 0 aliphatic heterocycles. The Morgan fingerprint density at radius 3 is 2.68 bits per heavy atom. The minimum absolute atomic E-state index is 0.130. The highest BCUT2D eigenvalue weighted by Crippen LogP contribution is 2.59. The predicted molar refractivity (Wildman–Crippen MR) is 105 cm³/mol. The Bertz CT molecular complexity index is 996. The number of hydrogen-bond donors (Lipinski definition) is 1. The first-order chi connectivity index (χ1) is 11.8. The number of aryl methyl sites for hydroxylation is 2. The van der Waals surface area contributed by atoms with E-state index in [0.29, 0.717) is 5.56 Å². The van der Waals surface area contributed by atoms with E-state index in [2.05, 4.69) is 10.3 Å². The Balaban J connectivity index is 1.55. The molecule has 1 fully saturated rings. The van der Waals surface area contributed by atoms with Crippen molar-refractivity contribution in [3.05, 3.63) is 58.1 Å². The number of thiazole rings is 1. The van der Waals surface area contributed by atoms with Gasteiger partial charge in [0.15, 0.2) is 0 Å². The fourth-order valence-corrected chi connectivity index (χ4v) is 4.42. The van der Waals surface area contributed by atoms with Gasteiger partial charge in [0.1, 0.15) is 4.33 Å². The lowest BCUT2D eigenvalue weighted by atomic mass is 10.0. The van der Waals surface area contributed by atoms with E-state index < -0.39 is 4.33 Å². The van der Waals surface area contributed by atoms with Crippen LogP contribution in [0.3, 0.4) is 0 Å². The van der Waals surface area contributed by atoms with Gasteiger partial charge in [0.05, 0.1) is 15.2 Å². The maximum atomic E-state index is 12.6. The largest absolute Gasteiger partial charge is 0.322 e. The zero-order valence-electron chi connectivity index (χ0n) is 13.8. The van der Waals surface area contributed by atoms with Crippen LogP contribution in [-0.2, 0) is 0 Å². The number of aromatic nitrogens is 1. The molecule has 0 saturated heterocycles. The van der Waals surface area contributed by atoms with Gasteiger partial charge in [-0.1, -0.05) is 12.1 Å². The second-order valence-corrected chi connectivity index (χ2v) is 9.24. The summed E-state index contributed by atoms with van der Waals surface area (Å²) in [7, 11) is 0. The predicted octanol–water partition coefficient (Wildman–Crippen LogP) is 5.83. The number of fused-ring (bicyclic) bond motifs is 1. The Labute approximate surface area is 160 Å². The molecule has 0 radical (unpaired) electrons. The summed E-state index contributed by atoms with van der Waals surface area (Å²) in [6.45, 7) is 3.90. The van der Waals surface area contributed by atoms with Gasteiger partial charge in [-0.05, 0) is 55.7 Å². The molecule has 2 aromatic carbocycles. The van der Waals surface area contributed by atoms with E-state index in [0.717, 1.165) is 38.5 Å². The van der Waals surface area contributed by atoms with Crippen molar-refractivity contribution in [2.75, 3.05) is 5.32 Å². The van der Waals surface area contributed by atoms with Crippen LogP contribution >= 0.6 is 34.5 Å². The molecule has 1 amide bonds. The monoisotopic (exact) mass is 390 g/mol. The third kappa shape index (κ3) is 3.26.